The van der Waals surface area contributed by atoms with E-state index in [2.05, 4.69) is 36.6 Å². The van der Waals surface area contributed by atoms with Crippen molar-refractivity contribution < 1.29 is 0 Å². The van der Waals surface area contributed by atoms with Gasteiger partial charge in [-0.05, 0) is 23.8 Å². The Morgan fingerprint density at radius 2 is 2.09 bits per heavy atom. The molecular weight excluding hydrogens is 172 g/mol. The highest BCUT2D eigenvalue weighted by atomic mass is 32.2. The number of rotatable bonds is 1. The second-order valence-corrected chi connectivity index (χ2v) is 4.50. The Kier molecular flexibility index (Phi) is 1.88. The fourth-order valence-corrected chi connectivity index (χ4v) is 2.70. The van der Waals surface area contributed by atoms with E-state index in [0.717, 1.165) is 0 Å². The average Bonchev–Trinajstić information content (AvgIpc) is 2.46. The van der Waals surface area contributed by atoms with Crippen LogP contribution in [0, 0.1) is 0 Å². The Morgan fingerprint density at radius 3 is 2.82 bits per heavy atom. The van der Waals surface area contributed by atoms with E-state index in [9.17, 15) is 0 Å². The molecule has 0 aliphatic rings. The average molecular weight is 180 g/mol. The summed E-state index contributed by atoms with van der Waals surface area (Å²) < 4.78 is 2.78. The second kappa shape index (κ2) is 2.88. The second-order valence-electron chi connectivity index (χ2n) is 2.31. The topological polar surface area (TPSA) is 0 Å². The van der Waals surface area contributed by atoms with Gasteiger partial charge in [0.05, 0.1) is 4.21 Å². The summed E-state index contributed by atoms with van der Waals surface area (Å²) in [6.07, 6.45) is 2.12. The van der Waals surface area contributed by atoms with E-state index in [1.807, 2.05) is 23.1 Å². The minimum Gasteiger partial charge on any atom is -0.129 e. The van der Waals surface area contributed by atoms with Crippen LogP contribution in [0.1, 0.15) is 0 Å². The van der Waals surface area contributed by atoms with Crippen molar-refractivity contribution in [1.82, 2.24) is 0 Å². The van der Waals surface area contributed by atoms with E-state index >= 15 is 0 Å². The molecule has 0 N–H and O–H groups in total. The molecule has 2 heteroatoms. The van der Waals surface area contributed by atoms with Gasteiger partial charge in [0.1, 0.15) is 0 Å². The van der Waals surface area contributed by atoms with Crippen molar-refractivity contribution in [2.24, 2.45) is 0 Å². The Morgan fingerprint density at radius 1 is 1.27 bits per heavy atom. The minimum atomic E-state index is 1.36. The Balaban J connectivity index is 2.69. The first kappa shape index (κ1) is 7.19. The van der Waals surface area contributed by atoms with Crippen LogP contribution in [-0.4, -0.2) is 6.26 Å². The lowest BCUT2D eigenvalue weighted by Crippen LogP contribution is -1.56. The van der Waals surface area contributed by atoms with Gasteiger partial charge in [0.2, 0.25) is 0 Å². The number of fused-ring (bicyclic) bond motifs is 1. The number of thiophene rings is 1. The first-order chi connectivity index (χ1) is 5.40. The molecule has 0 amide bonds. The molecule has 0 unspecified atom stereocenters. The molecule has 56 valence electrons. The lowest BCUT2D eigenvalue weighted by Gasteiger charge is -1.82. The summed E-state index contributed by atoms with van der Waals surface area (Å²) in [7, 11) is 0. The van der Waals surface area contributed by atoms with Crippen molar-refractivity contribution in [1.29, 1.82) is 0 Å². The first-order valence-corrected chi connectivity index (χ1v) is 5.47. The number of hydrogen-bond donors (Lipinski definition) is 0. The van der Waals surface area contributed by atoms with Crippen LogP contribution in [0.15, 0.2) is 34.5 Å². The molecule has 0 spiro atoms. The van der Waals surface area contributed by atoms with Crippen LogP contribution >= 0.6 is 23.1 Å². The van der Waals surface area contributed by atoms with E-state index in [0.29, 0.717) is 0 Å². The quantitative estimate of drug-likeness (QED) is 0.604. The van der Waals surface area contributed by atoms with Crippen LogP contribution in [-0.2, 0) is 0 Å². The molecule has 0 aliphatic heterocycles. The van der Waals surface area contributed by atoms with Crippen molar-refractivity contribution in [3.63, 3.8) is 0 Å². The fraction of sp³-hybridized carbons (Fsp3) is 0.111. The van der Waals surface area contributed by atoms with Crippen LogP contribution in [0.3, 0.4) is 0 Å². The van der Waals surface area contributed by atoms with Crippen molar-refractivity contribution in [3.8, 4) is 0 Å². The van der Waals surface area contributed by atoms with Crippen LogP contribution in [0.5, 0.6) is 0 Å². The highest BCUT2D eigenvalue weighted by Gasteiger charge is 1.97. The largest absolute Gasteiger partial charge is 0.129 e. The Bertz CT molecular complexity index is 329. The third-order valence-electron chi connectivity index (χ3n) is 1.60. The molecule has 0 bridgehead atoms. The highest BCUT2D eigenvalue weighted by Crippen LogP contribution is 2.30. The normalized spacial score (nSPS) is 10.6. The van der Waals surface area contributed by atoms with Crippen LogP contribution in [0.4, 0.5) is 0 Å². The monoisotopic (exact) mass is 180 g/mol. The van der Waals surface area contributed by atoms with Gasteiger partial charge in [0.15, 0.2) is 0 Å². The third kappa shape index (κ3) is 1.28. The summed E-state index contributed by atoms with van der Waals surface area (Å²) in [5, 5.41) is 1.36. The van der Waals surface area contributed by atoms with E-state index in [-0.39, 0.29) is 0 Å². The lowest BCUT2D eigenvalue weighted by atomic mass is 10.3. The lowest BCUT2D eigenvalue weighted by molar-refractivity contribution is 1.76. The number of hydrogen-bond acceptors (Lipinski definition) is 2. The van der Waals surface area contributed by atoms with E-state index < -0.39 is 0 Å². The molecular formula is C9H8S2. The highest BCUT2D eigenvalue weighted by molar-refractivity contribution is 8.00. The molecule has 1 aromatic heterocycles. The van der Waals surface area contributed by atoms with Gasteiger partial charge in [-0.3, -0.25) is 0 Å². The third-order valence-corrected chi connectivity index (χ3v) is 3.79. The molecule has 2 aromatic rings. The molecule has 0 saturated carbocycles. The van der Waals surface area contributed by atoms with Gasteiger partial charge in [-0.25, -0.2) is 0 Å². The standard InChI is InChI=1S/C9H8S2/c1-10-9-6-7-4-2-3-5-8(7)11-9/h2-6H,1H3. The molecule has 0 aliphatic carbocycles. The Labute approximate surface area is 74.2 Å². The van der Waals surface area contributed by atoms with Crippen molar-refractivity contribution in [2.75, 3.05) is 6.26 Å². The van der Waals surface area contributed by atoms with E-state index in [1.165, 1.54) is 14.3 Å². The maximum absolute atomic E-state index is 2.24. The summed E-state index contributed by atoms with van der Waals surface area (Å²) in [4.78, 5) is 0. The van der Waals surface area contributed by atoms with E-state index in [1.54, 1.807) is 0 Å². The van der Waals surface area contributed by atoms with Gasteiger partial charge >= 0.3 is 0 Å². The maximum atomic E-state index is 2.24. The number of benzene rings is 1. The van der Waals surface area contributed by atoms with Crippen LogP contribution < -0.4 is 0 Å². The first-order valence-electron chi connectivity index (χ1n) is 3.43. The molecule has 0 saturated heterocycles. The number of thioether (sulfide) groups is 1. The van der Waals surface area contributed by atoms with Gasteiger partial charge in [-0.2, -0.15) is 0 Å². The molecule has 0 fully saturated rings. The van der Waals surface area contributed by atoms with Gasteiger partial charge in [0, 0.05) is 4.70 Å². The van der Waals surface area contributed by atoms with Crippen molar-refractivity contribution >= 4 is 33.2 Å². The molecule has 0 nitrogen and oxygen atoms in total. The predicted molar refractivity (Wildman–Crippen MR) is 53.6 cm³/mol. The van der Waals surface area contributed by atoms with Gasteiger partial charge in [0.25, 0.3) is 0 Å². The summed E-state index contributed by atoms with van der Waals surface area (Å²) in [6.45, 7) is 0. The van der Waals surface area contributed by atoms with Gasteiger partial charge in [-0.1, -0.05) is 18.2 Å². The van der Waals surface area contributed by atoms with Gasteiger partial charge in [-0.15, -0.1) is 23.1 Å². The zero-order chi connectivity index (χ0) is 7.68. The fourth-order valence-electron chi connectivity index (χ4n) is 1.06. The molecule has 1 heterocycles. The van der Waals surface area contributed by atoms with Crippen LogP contribution in [0.25, 0.3) is 10.1 Å². The zero-order valence-corrected chi connectivity index (χ0v) is 7.84. The SMILES string of the molecule is CSc1cc2ccccc2s1. The molecule has 0 atom stereocenters. The minimum absolute atomic E-state index is 1.36. The zero-order valence-electron chi connectivity index (χ0n) is 6.20. The summed E-state index contributed by atoms with van der Waals surface area (Å²) in [5.74, 6) is 0. The predicted octanol–water partition coefficient (Wildman–Crippen LogP) is 3.62. The Hall–Kier alpha value is -0.470. The van der Waals surface area contributed by atoms with Crippen molar-refractivity contribution in [2.45, 2.75) is 4.21 Å². The smallest absolute Gasteiger partial charge is 0.0608 e. The summed E-state index contributed by atoms with van der Waals surface area (Å²) in [5.41, 5.74) is 0. The maximum Gasteiger partial charge on any atom is 0.0608 e. The summed E-state index contributed by atoms with van der Waals surface area (Å²) in [6, 6.07) is 10.7. The van der Waals surface area contributed by atoms with Gasteiger partial charge < -0.3 is 0 Å². The summed E-state index contributed by atoms with van der Waals surface area (Å²) >= 11 is 3.67. The molecule has 0 radical (unpaired) electrons. The molecule has 1 aromatic carbocycles. The van der Waals surface area contributed by atoms with Crippen LogP contribution in [0.2, 0.25) is 0 Å². The van der Waals surface area contributed by atoms with E-state index in [4.69, 9.17) is 0 Å². The van der Waals surface area contributed by atoms with Crippen molar-refractivity contribution in [3.05, 3.63) is 30.3 Å². The molecule has 11 heavy (non-hydrogen) atoms. The molecule has 2 rings (SSSR count).